The fraction of sp³-hybridized carbons (Fsp3) is 0.111. The highest BCUT2D eigenvalue weighted by Gasteiger charge is 2.09. The zero-order valence-electron chi connectivity index (χ0n) is 14.5. The van der Waals surface area contributed by atoms with Crippen molar-refractivity contribution in [2.24, 2.45) is 0 Å². The van der Waals surface area contributed by atoms with Gasteiger partial charge in [-0.3, -0.25) is 9.97 Å². The molecule has 0 saturated carbocycles. The first-order valence-corrected chi connectivity index (χ1v) is 10.2. The lowest BCUT2D eigenvalue weighted by Gasteiger charge is -1.93. The molecule has 4 heterocycles. The van der Waals surface area contributed by atoms with Crippen LogP contribution in [-0.2, 0) is 0 Å². The number of nitrogens with zero attached hydrogens (tertiary/aromatic N) is 6. The Kier molecular flexibility index (Phi) is 6.10. The summed E-state index contributed by atoms with van der Waals surface area (Å²) in [5.74, 6) is 2.44. The zero-order chi connectivity index (χ0) is 19.0. The molecule has 28 heavy (non-hydrogen) atoms. The molecule has 8 nitrogen and oxygen atoms in total. The Labute approximate surface area is 168 Å². The van der Waals surface area contributed by atoms with Gasteiger partial charge in [0.25, 0.3) is 10.4 Å². The zero-order valence-corrected chi connectivity index (χ0v) is 16.1. The standard InChI is InChI=1S/C18H14N6O2S2/c1(11-27-17-23-21-15(25-17)13-3-7-19-8-4-13)2-12-28-18-24-22-16(26-18)14-5-9-20-10-6-14/h1-10H,11-12H2/b2-1+. The molecule has 0 saturated heterocycles. The summed E-state index contributed by atoms with van der Waals surface area (Å²) in [5, 5.41) is 17.2. The van der Waals surface area contributed by atoms with Gasteiger partial charge in [-0.15, -0.1) is 20.4 Å². The summed E-state index contributed by atoms with van der Waals surface area (Å²) in [5.41, 5.74) is 1.71. The van der Waals surface area contributed by atoms with E-state index < -0.39 is 0 Å². The van der Waals surface area contributed by atoms with Crippen molar-refractivity contribution in [3.63, 3.8) is 0 Å². The SMILES string of the molecule is C(=C\CSc1nnc(-c2ccncc2)o1)/CSc1nnc(-c2ccncc2)o1. The first-order valence-electron chi connectivity index (χ1n) is 8.27. The van der Waals surface area contributed by atoms with Gasteiger partial charge in [0.15, 0.2) is 0 Å². The van der Waals surface area contributed by atoms with Crippen molar-refractivity contribution in [1.82, 2.24) is 30.4 Å². The minimum atomic E-state index is 0.492. The molecule has 0 bridgehead atoms. The molecule has 0 amide bonds. The summed E-state index contributed by atoms with van der Waals surface area (Å²) in [6.45, 7) is 0. The molecule has 0 aliphatic carbocycles. The average molecular weight is 410 g/mol. The van der Waals surface area contributed by atoms with Crippen LogP contribution in [0.5, 0.6) is 0 Å². The van der Waals surface area contributed by atoms with Crippen LogP contribution in [0, 0.1) is 0 Å². The molecule has 0 radical (unpaired) electrons. The summed E-state index contributed by atoms with van der Waals surface area (Å²) in [6.07, 6.45) is 10.8. The normalized spacial score (nSPS) is 11.3. The Morgan fingerprint density at radius 2 is 1.07 bits per heavy atom. The minimum absolute atomic E-state index is 0.492. The van der Waals surface area contributed by atoms with E-state index in [0.717, 1.165) is 22.6 Å². The molecule has 0 aromatic carbocycles. The van der Waals surface area contributed by atoms with Crippen molar-refractivity contribution in [3.8, 4) is 22.9 Å². The van der Waals surface area contributed by atoms with E-state index in [0.29, 0.717) is 22.2 Å². The number of aromatic nitrogens is 6. The molecule has 140 valence electrons. The molecule has 0 spiro atoms. The molecule has 4 rings (SSSR count). The molecular formula is C18H14N6O2S2. The van der Waals surface area contributed by atoms with Crippen LogP contribution < -0.4 is 0 Å². The summed E-state index contributed by atoms with van der Waals surface area (Å²) in [7, 11) is 0. The molecule has 0 aliphatic heterocycles. The van der Waals surface area contributed by atoms with Gasteiger partial charge in [-0.1, -0.05) is 35.7 Å². The highest BCUT2D eigenvalue weighted by molar-refractivity contribution is 7.99. The molecule has 4 aromatic heterocycles. The van der Waals surface area contributed by atoms with Crippen LogP contribution in [0.4, 0.5) is 0 Å². The second kappa shape index (κ2) is 9.29. The Hall–Kier alpha value is -2.98. The Morgan fingerprint density at radius 1 is 0.643 bits per heavy atom. The van der Waals surface area contributed by atoms with E-state index in [-0.39, 0.29) is 0 Å². The van der Waals surface area contributed by atoms with Crippen LogP contribution in [0.25, 0.3) is 22.9 Å². The highest BCUT2D eigenvalue weighted by atomic mass is 32.2. The number of rotatable bonds is 8. The van der Waals surface area contributed by atoms with Crippen LogP contribution in [0.1, 0.15) is 0 Å². The Balaban J connectivity index is 1.21. The molecule has 0 aliphatic rings. The maximum atomic E-state index is 5.63. The summed E-state index contributed by atoms with van der Waals surface area (Å²) < 4.78 is 11.3. The van der Waals surface area contributed by atoms with Gasteiger partial charge in [-0.25, -0.2) is 0 Å². The number of thioether (sulfide) groups is 2. The fourth-order valence-corrected chi connectivity index (χ4v) is 3.36. The van der Waals surface area contributed by atoms with Gasteiger partial charge < -0.3 is 8.83 Å². The van der Waals surface area contributed by atoms with Gasteiger partial charge in [-0.05, 0) is 24.3 Å². The van der Waals surface area contributed by atoms with Crippen LogP contribution in [-0.4, -0.2) is 41.9 Å². The molecule has 0 fully saturated rings. The second-order valence-electron chi connectivity index (χ2n) is 5.31. The van der Waals surface area contributed by atoms with Gasteiger partial charge in [0.05, 0.1) is 0 Å². The van der Waals surface area contributed by atoms with Crippen LogP contribution in [0.3, 0.4) is 0 Å². The van der Waals surface area contributed by atoms with Crippen molar-refractivity contribution < 1.29 is 8.83 Å². The Bertz CT molecular complexity index is 953. The summed E-state index contributed by atoms with van der Waals surface area (Å²) in [6, 6.07) is 7.32. The predicted octanol–water partition coefficient (Wildman–Crippen LogP) is 4.02. The number of pyridine rings is 2. The second-order valence-corrected chi connectivity index (χ2v) is 7.25. The van der Waals surface area contributed by atoms with Crippen molar-refractivity contribution in [3.05, 3.63) is 61.2 Å². The van der Waals surface area contributed by atoms with Gasteiger partial charge >= 0.3 is 0 Å². The Morgan fingerprint density at radius 3 is 1.50 bits per heavy atom. The van der Waals surface area contributed by atoms with Crippen molar-refractivity contribution in [1.29, 1.82) is 0 Å². The van der Waals surface area contributed by atoms with E-state index in [9.17, 15) is 0 Å². The average Bonchev–Trinajstić information content (AvgIpc) is 3.42. The lowest BCUT2D eigenvalue weighted by Crippen LogP contribution is -1.77. The molecular weight excluding hydrogens is 396 g/mol. The maximum absolute atomic E-state index is 5.63. The quantitative estimate of drug-likeness (QED) is 0.312. The lowest BCUT2D eigenvalue weighted by molar-refractivity contribution is 0.466. The fourth-order valence-electron chi connectivity index (χ4n) is 2.13. The smallest absolute Gasteiger partial charge is 0.277 e. The van der Waals surface area contributed by atoms with Gasteiger partial charge in [-0.2, -0.15) is 0 Å². The molecule has 0 N–H and O–H groups in total. The first-order chi connectivity index (χ1) is 13.9. The van der Waals surface area contributed by atoms with Crippen LogP contribution in [0.15, 0.2) is 80.5 Å². The third-order valence-corrected chi connectivity index (χ3v) is 4.98. The first kappa shape index (κ1) is 18.4. The molecule has 10 heteroatoms. The monoisotopic (exact) mass is 410 g/mol. The van der Waals surface area contributed by atoms with Gasteiger partial charge in [0.2, 0.25) is 11.8 Å². The van der Waals surface area contributed by atoms with E-state index in [1.165, 1.54) is 23.5 Å². The lowest BCUT2D eigenvalue weighted by atomic mass is 10.3. The van der Waals surface area contributed by atoms with Crippen molar-refractivity contribution >= 4 is 23.5 Å². The summed E-state index contributed by atoms with van der Waals surface area (Å²) >= 11 is 2.95. The van der Waals surface area contributed by atoms with Crippen LogP contribution >= 0.6 is 23.5 Å². The van der Waals surface area contributed by atoms with Crippen molar-refractivity contribution in [2.75, 3.05) is 11.5 Å². The van der Waals surface area contributed by atoms with E-state index in [1.807, 2.05) is 36.4 Å². The number of hydrogen-bond donors (Lipinski definition) is 0. The minimum Gasteiger partial charge on any atom is -0.411 e. The van der Waals surface area contributed by atoms with Crippen molar-refractivity contribution in [2.45, 2.75) is 10.4 Å². The van der Waals surface area contributed by atoms with E-state index in [4.69, 9.17) is 8.83 Å². The third kappa shape index (κ3) is 4.84. The van der Waals surface area contributed by atoms with E-state index in [1.54, 1.807) is 24.8 Å². The van der Waals surface area contributed by atoms with Gasteiger partial charge in [0, 0.05) is 47.4 Å². The molecule has 0 unspecified atom stereocenters. The predicted molar refractivity (Wildman–Crippen MR) is 106 cm³/mol. The van der Waals surface area contributed by atoms with Gasteiger partial charge in [0.1, 0.15) is 0 Å². The van der Waals surface area contributed by atoms with E-state index >= 15 is 0 Å². The molecule has 0 atom stereocenters. The molecule has 4 aromatic rings. The largest absolute Gasteiger partial charge is 0.411 e. The highest BCUT2D eigenvalue weighted by Crippen LogP contribution is 2.24. The van der Waals surface area contributed by atoms with E-state index in [2.05, 4.69) is 30.4 Å². The topological polar surface area (TPSA) is 104 Å². The summed E-state index contributed by atoms with van der Waals surface area (Å²) in [4.78, 5) is 7.94. The maximum Gasteiger partial charge on any atom is 0.277 e. The third-order valence-electron chi connectivity index (χ3n) is 3.44. The van der Waals surface area contributed by atoms with Crippen LogP contribution in [0.2, 0.25) is 0 Å². The number of hydrogen-bond acceptors (Lipinski definition) is 10.